The highest BCUT2D eigenvalue weighted by Gasteiger charge is 2.53. The van der Waals surface area contributed by atoms with Gasteiger partial charge in [-0.25, -0.2) is 0 Å². The predicted octanol–water partition coefficient (Wildman–Crippen LogP) is 2.69. The van der Waals surface area contributed by atoms with Crippen LogP contribution in [0.2, 0.25) is 0 Å². The molecule has 19 atom stereocenters. The molecule has 0 amide bonds. The Bertz CT molecular complexity index is 1190. The van der Waals surface area contributed by atoms with Crippen molar-refractivity contribution in [2.75, 3.05) is 34.0 Å². The molecule has 6 N–H and O–H groups in total. The quantitative estimate of drug-likeness (QED) is 0.117. The van der Waals surface area contributed by atoms with Crippen molar-refractivity contribution in [2.24, 2.45) is 23.7 Å². The summed E-state index contributed by atoms with van der Waals surface area (Å²) in [5.74, 6) is -3.68. The number of rotatable bonds is 13. The van der Waals surface area contributed by atoms with Gasteiger partial charge in [-0.3, -0.25) is 4.79 Å². The van der Waals surface area contributed by atoms with Gasteiger partial charge in [0.05, 0.1) is 67.0 Å². The lowest BCUT2D eigenvalue weighted by molar-refractivity contribution is -0.316. The van der Waals surface area contributed by atoms with Gasteiger partial charge < -0.3 is 68.7 Å². The summed E-state index contributed by atoms with van der Waals surface area (Å²) in [7, 11) is 3.25. The predicted molar refractivity (Wildman–Crippen MR) is 207 cm³/mol. The Balaban J connectivity index is 2.19. The fraction of sp³-hybridized carbons (Fsp3) is 0.976. The lowest BCUT2D eigenvalue weighted by atomic mass is 9.73. The van der Waals surface area contributed by atoms with E-state index in [1.54, 1.807) is 55.5 Å². The van der Waals surface area contributed by atoms with Crippen molar-refractivity contribution < 1.29 is 68.2 Å². The van der Waals surface area contributed by atoms with Crippen molar-refractivity contribution in [3.63, 3.8) is 0 Å². The minimum Gasteiger partial charge on any atom is -0.459 e. The van der Waals surface area contributed by atoms with Crippen LogP contribution in [0.3, 0.4) is 0 Å². The minimum atomic E-state index is -1.89. The molecule has 3 aliphatic heterocycles. The smallest absolute Gasteiger partial charge is 0.311 e. The van der Waals surface area contributed by atoms with Crippen LogP contribution in [0.25, 0.3) is 0 Å². The number of carbonyl (C=O) groups excluding carboxylic acids is 1. The molecule has 3 heterocycles. The number of methoxy groups -OCH3 is 1. The van der Waals surface area contributed by atoms with Gasteiger partial charge in [-0.2, -0.15) is 0 Å². The van der Waals surface area contributed by atoms with Gasteiger partial charge in [-0.05, 0) is 80.2 Å². The first-order valence-corrected chi connectivity index (χ1v) is 20.8. The van der Waals surface area contributed by atoms with Crippen LogP contribution in [0.5, 0.6) is 0 Å². The molecule has 3 rings (SSSR count). The number of cyclic esters (lactones) is 1. The maximum atomic E-state index is 14.3. The molecule has 330 valence electrons. The minimum absolute atomic E-state index is 0.0726. The number of nitrogens with one attached hydrogen (secondary N) is 1. The maximum absolute atomic E-state index is 14.3. The number of hydrogen-bond acceptors (Lipinski definition) is 15. The molecule has 0 aliphatic carbocycles. The van der Waals surface area contributed by atoms with Gasteiger partial charge in [0.1, 0.15) is 23.9 Å². The average molecular weight is 808 g/mol. The van der Waals surface area contributed by atoms with Crippen molar-refractivity contribution in [2.45, 2.75) is 199 Å². The van der Waals surface area contributed by atoms with Crippen molar-refractivity contribution in [3.05, 3.63) is 0 Å². The first-order valence-electron chi connectivity index (χ1n) is 20.8. The Morgan fingerprint density at radius 1 is 0.857 bits per heavy atom. The summed E-state index contributed by atoms with van der Waals surface area (Å²) in [6, 6.07) is -0.355. The third kappa shape index (κ3) is 11.6. The number of carbonyl (C=O) groups is 1. The summed E-state index contributed by atoms with van der Waals surface area (Å²) in [5.41, 5.74) is -4.62. The van der Waals surface area contributed by atoms with Gasteiger partial charge in [0, 0.05) is 38.0 Å². The second-order valence-electron chi connectivity index (χ2n) is 17.5. The lowest BCUT2D eigenvalue weighted by Crippen LogP contribution is -2.61. The largest absolute Gasteiger partial charge is 0.459 e. The molecule has 0 saturated carbocycles. The van der Waals surface area contributed by atoms with Crippen LogP contribution >= 0.6 is 0 Å². The SMILES string of the molecule is CCCOCCO[C@@H]1[C@H](C)[C@@H](O)[C@](C)(O)[C@@H](CC)OC(=O)[C@H](C)[C@@H](O[C@H]2C[C@@](C)(OC)[C@@H](O)[C@H](C)O2)[C@H](C)[C@@H](O[C@@H]2O[C@H](C)C[C@H](NC)[C@H]2O)[C@](C)(O)C[C@H]1C. The van der Waals surface area contributed by atoms with Crippen LogP contribution in [-0.2, 0) is 42.7 Å². The average Bonchev–Trinajstić information content (AvgIpc) is 3.14. The highest BCUT2D eigenvalue weighted by Crippen LogP contribution is 2.41. The number of esters is 1. The first kappa shape index (κ1) is 49.3. The van der Waals surface area contributed by atoms with Gasteiger partial charge in [-0.1, -0.05) is 34.6 Å². The maximum Gasteiger partial charge on any atom is 0.311 e. The van der Waals surface area contributed by atoms with E-state index >= 15 is 0 Å². The Labute approximate surface area is 335 Å². The van der Waals surface area contributed by atoms with Crippen LogP contribution in [0.1, 0.15) is 108 Å². The summed E-state index contributed by atoms with van der Waals surface area (Å²) in [5, 5.41) is 62.1. The van der Waals surface area contributed by atoms with Gasteiger partial charge in [0.15, 0.2) is 12.6 Å². The Morgan fingerprint density at radius 3 is 2.11 bits per heavy atom. The van der Waals surface area contributed by atoms with Crippen molar-refractivity contribution in [3.8, 4) is 0 Å². The fourth-order valence-corrected chi connectivity index (χ4v) is 9.18. The molecule has 0 radical (unpaired) electrons. The van der Waals surface area contributed by atoms with Crippen LogP contribution in [0, 0.1) is 23.7 Å². The summed E-state index contributed by atoms with van der Waals surface area (Å²) in [6.07, 6.45) is -8.82. The molecule has 0 aromatic heterocycles. The van der Waals surface area contributed by atoms with Crippen LogP contribution in [-0.4, -0.2) is 156 Å². The van der Waals surface area contributed by atoms with E-state index in [1.807, 2.05) is 20.8 Å². The Morgan fingerprint density at radius 2 is 1.52 bits per heavy atom. The van der Waals surface area contributed by atoms with E-state index in [4.69, 9.17) is 37.9 Å². The zero-order valence-corrected chi connectivity index (χ0v) is 36.3. The van der Waals surface area contributed by atoms with Crippen LogP contribution in [0.15, 0.2) is 0 Å². The second kappa shape index (κ2) is 21.0. The van der Waals surface area contributed by atoms with Crippen molar-refractivity contribution in [1.29, 1.82) is 0 Å². The molecule has 0 aromatic rings. The topological polar surface area (TPSA) is 204 Å². The van der Waals surface area contributed by atoms with E-state index in [9.17, 15) is 30.3 Å². The molecule has 15 heteroatoms. The fourth-order valence-electron chi connectivity index (χ4n) is 9.18. The van der Waals surface area contributed by atoms with Gasteiger partial charge in [-0.15, -0.1) is 0 Å². The number of ether oxygens (including phenoxy) is 8. The monoisotopic (exact) mass is 808 g/mol. The van der Waals surface area contributed by atoms with Crippen molar-refractivity contribution >= 4 is 5.97 Å². The molecule has 3 fully saturated rings. The van der Waals surface area contributed by atoms with E-state index in [2.05, 4.69) is 5.32 Å². The molecular weight excluding hydrogens is 730 g/mol. The standard InChI is InChI=1S/C41H77NO14/c1-14-16-50-17-18-51-32-22(3)20-39(9,47)36(56-38-31(43)28(42-12)19-23(4)52-38)25(6)33(55-30-21-40(10,49-13)35(45)27(8)53-30)26(7)37(46)54-29(15-2)41(11,48)34(44)24(32)5/h22-36,38,42-45,47-48H,14-21H2,1-13H3/t22-,23-,24+,25+,26-,27+,28+,29-,30+,31-,32+,33+,34-,35+,36-,38+,39-,40-,41-/m1/s1. The van der Waals surface area contributed by atoms with Crippen LogP contribution in [0.4, 0.5) is 0 Å². The van der Waals surface area contributed by atoms with E-state index < -0.39 is 108 Å². The summed E-state index contributed by atoms with van der Waals surface area (Å²) < 4.78 is 49.7. The summed E-state index contributed by atoms with van der Waals surface area (Å²) >= 11 is 0. The van der Waals surface area contributed by atoms with Crippen LogP contribution < -0.4 is 5.32 Å². The molecule has 56 heavy (non-hydrogen) atoms. The normalized spacial score (nSPS) is 47.6. The van der Waals surface area contributed by atoms with E-state index in [0.717, 1.165) is 6.42 Å². The van der Waals surface area contributed by atoms with Gasteiger partial charge >= 0.3 is 5.97 Å². The molecule has 0 spiro atoms. The second-order valence-corrected chi connectivity index (χ2v) is 17.5. The Hall–Kier alpha value is -1.05. The Kier molecular flexibility index (Phi) is 18.5. The number of hydrogen-bond donors (Lipinski definition) is 6. The zero-order chi connectivity index (χ0) is 42.3. The van der Waals surface area contributed by atoms with E-state index in [1.165, 1.54) is 14.0 Å². The molecule has 0 aromatic carbocycles. The molecule has 3 saturated heterocycles. The third-order valence-electron chi connectivity index (χ3n) is 12.6. The zero-order valence-electron chi connectivity index (χ0n) is 36.3. The summed E-state index contributed by atoms with van der Waals surface area (Å²) in [6.45, 7) is 20.4. The van der Waals surface area contributed by atoms with Gasteiger partial charge in [0.2, 0.25) is 0 Å². The van der Waals surface area contributed by atoms with Crippen molar-refractivity contribution in [1.82, 2.24) is 5.32 Å². The first-order chi connectivity index (χ1) is 26.1. The molecular formula is C41H77NO14. The third-order valence-corrected chi connectivity index (χ3v) is 12.6. The van der Waals surface area contributed by atoms with Gasteiger partial charge in [0.25, 0.3) is 0 Å². The summed E-state index contributed by atoms with van der Waals surface area (Å²) in [4.78, 5) is 14.3. The molecule has 0 bridgehead atoms. The van der Waals surface area contributed by atoms with E-state index in [0.29, 0.717) is 19.6 Å². The highest BCUT2D eigenvalue weighted by atomic mass is 16.7. The number of likely N-dealkylation sites (N-methyl/N-ethyl adjacent to an activating group) is 1. The molecule has 3 aliphatic rings. The molecule has 0 unspecified atom stereocenters. The van der Waals surface area contributed by atoms with E-state index in [-0.39, 0.29) is 38.0 Å². The molecule has 15 nitrogen and oxygen atoms in total. The lowest BCUT2D eigenvalue weighted by Gasteiger charge is -2.49. The highest BCUT2D eigenvalue weighted by molar-refractivity contribution is 5.73. The number of aliphatic hydroxyl groups excluding tert-OH is 3. The number of aliphatic hydroxyl groups is 5.